The second kappa shape index (κ2) is 7.53. The molecule has 0 saturated carbocycles. The molecule has 4 heteroatoms. The third-order valence-electron chi connectivity index (χ3n) is 6.27. The smallest absolute Gasteiger partial charge is 0.0804 e. The van der Waals surface area contributed by atoms with Crippen LogP contribution in [0.4, 0.5) is 0 Å². The summed E-state index contributed by atoms with van der Waals surface area (Å²) in [6.45, 7) is 8.05. The zero-order valence-corrected chi connectivity index (χ0v) is 16.5. The number of fused-ring (bicyclic) bond motifs is 1. The maximum Gasteiger partial charge on any atom is 0.0804 e. The number of piperidine rings is 1. The molecule has 0 N–H and O–H groups in total. The Kier molecular flexibility index (Phi) is 5.14. The lowest BCUT2D eigenvalue weighted by Gasteiger charge is -2.38. The summed E-state index contributed by atoms with van der Waals surface area (Å²) in [5.74, 6) is 0. The van der Waals surface area contributed by atoms with Crippen LogP contribution >= 0.6 is 0 Å². The largest absolute Gasteiger partial charge is 0.301 e. The number of hydrogen-bond acceptors (Lipinski definition) is 3. The molecule has 1 aliphatic carbocycles. The highest BCUT2D eigenvalue weighted by molar-refractivity contribution is 5.39. The van der Waals surface area contributed by atoms with E-state index in [0.29, 0.717) is 12.1 Å². The molecule has 140 valence electrons. The van der Waals surface area contributed by atoms with Gasteiger partial charge >= 0.3 is 0 Å². The second-order valence-corrected chi connectivity index (χ2v) is 8.25. The van der Waals surface area contributed by atoms with Crippen molar-refractivity contribution in [2.24, 2.45) is 0 Å². The number of nitrogens with zero attached hydrogens (tertiary/aromatic N) is 4. The van der Waals surface area contributed by atoms with Gasteiger partial charge in [0.2, 0.25) is 0 Å². The van der Waals surface area contributed by atoms with Crippen molar-refractivity contribution in [3.63, 3.8) is 0 Å². The molecule has 1 aromatic heterocycles. The first-order valence-electron chi connectivity index (χ1n) is 10.2. The van der Waals surface area contributed by atoms with Gasteiger partial charge in [0.05, 0.1) is 11.4 Å². The van der Waals surface area contributed by atoms with Crippen LogP contribution in [0.2, 0.25) is 0 Å². The number of hydrogen-bond donors (Lipinski definition) is 0. The minimum atomic E-state index is 0.672. The maximum atomic E-state index is 5.04. The highest BCUT2D eigenvalue weighted by Gasteiger charge is 2.27. The van der Waals surface area contributed by atoms with Crippen molar-refractivity contribution in [2.75, 3.05) is 20.1 Å². The van der Waals surface area contributed by atoms with Gasteiger partial charge < -0.3 is 4.90 Å². The predicted octanol–water partition coefficient (Wildman–Crippen LogP) is 3.67. The van der Waals surface area contributed by atoms with E-state index in [1.165, 1.54) is 61.4 Å². The molecule has 0 amide bonds. The van der Waals surface area contributed by atoms with Gasteiger partial charge in [-0.15, -0.1) is 0 Å². The number of para-hydroxylation sites is 1. The SMILES string of the molecule is CC(C)N1CCC(N(C)Cc2nn(-c3ccccc3)c3c2CCC3)CC1. The van der Waals surface area contributed by atoms with E-state index in [1.807, 2.05) is 0 Å². The minimum absolute atomic E-state index is 0.672. The van der Waals surface area contributed by atoms with Gasteiger partial charge in [-0.1, -0.05) is 18.2 Å². The Hall–Kier alpha value is -1.65. The fraction of sp³-hybridized carbons (Fsp3) is 0.591. The van der Waals surface area contributed by atoms with Crippen LogP contribution in [0.1, 0.15) is 50.1 Å². The Balaban J connectivity index is 1.49. The van der Waals surface area contributed by atoms with Crippen molar-refractivity contribution < 1.29 is 0 Å². The van der Waals surface area contributed by atoms with E-state index < -0.39 is 0 Å². The molecule has 1 saturated heterocycles. The zero-order chi connectivity index (χ0) is 18.1. The van der Waals surface area contributed by atoms with E-state index in [-0.39, 0.29) is 0 Å². The Bertz CT molecular complexity index is 726. The molecule has 4 rings (SSSR count). The first kappa shape index (κ1) is 17.7. The normalized spacial score (nSPS) is 18.8. The van der Waals surface area contributed by atoms with Gasteiger partial charge in [0, 0.05) is 24.3 Å². The Labute approximate surface area is 157 Å². The van der Waals surface area contributed by atoms with Crippen molar-refractivity contribution in [3.05, 3.63) is 47.3 Å². The summed E-state index contributed by atoms with van der Waals surface area (Å²) >= 11 is 0. The van der Waals surface area contributed by atoms with E-state index in [0.717, 1.165) is 13.0 Å². The van der Waals surface area contributed by atoms with Crippen molar-refractivity contribution in [1.29, 1.82) is 0 Å². The summed E-state index contributed by atoms with van der Waals surface area (Å²) in [5.41, 5.74) is 5.45. The van der Waals surface area contributed by atoms with Crippen LogP contribution in [0, 0.1) is 0 Å². The lowest BCUT2D eigenvalue weighted by Crippen LogP contribution is -2.45. The summed E-state index contributed by atoms with van der Waals surface area (Å²) in [7, 11) is 2.29. The highest BCUT2D eigenvalue weighted by Crippen LogP contribution is 2.29. The van der Waals surface area contributed by atoms with E-state index in [4.69, 9.17) is 5.10 Å². The molecular formula is C22H32N4. The third kappa shape index (κ3) is 3.45. The molecule has 1 fully saturated rings. The molecule has 4 nitrogen and oxygen atoms in total. The van der Waals surface area contributed by atoms with E-state index >= 15 is 0 Å². The van der Waals surface area contributed by atoms with Crippen LogP contribution in [0.25, 0.3) is 5.69 Å². The first-order chi connectivity index (χ1) is 12.6. The molecule has 2 aromatic rings. The molecule has 0 spiro atoms. The summed E-state index contributed by atoms with van der Waals surface area (Å²) < 4.78 is 2.20. The van der Waals surface area contributed by atoms with E-state index in [2.05, 4.69) is 65.7 Å². The molecular weight excluding hydrogens is 320 g/mol. The number of likely N-dealkylation sites (tertiary alicyclic amines) is 1. The number of benzene rings is 1. The van der Waals surface area contributed by atoms with E-state index in [9.17, 15) is 0 Å². The fourth-order valence-corrected chi connectivity index (χ4v) is 4.63. The summed E-state index contributed by atoms with van der Waals surface area (Å²) in [6, 6.07) is 12.0. The van der Waals surface area contributed by atoms with Gasteiger partial charge in [0.25, 0.3) is 0 Å². The quantitative estimate of drug-likeness (QED) is 0.821. The lowest BCUT2D eigenvalue weighted by molar-refractivity contribution is 0.103. The molecule has 1 aliphatic heterocycles. The maximum absolute atomic E-state index is 5.04. The highest BCUT2D eigenvalue weighted by atomic mass is 15.3. The molecule has 1 aromatic carbocycles. The summed E-state index contributed by atoms with van der Waals surface area (Å²) in [6.07, 6.45) is 6.17. The van der Waals surface area contributed by atoms with Crippen molar-refractivity contribution in [2.45, 2.75) is 64.6 Å². The van der Waals surface area contributed by atoms with Crippen LogP contribution in [-0.4, -0.2) is 51.8 Å². The molecule has 0 radical (unpaired) electrons. The first-order valence-corrected chi connectivity index (χ1v) is 10.2. The van der Waals surface area contributed by atoms with Gasteiger partial charge in [-0.25, -0.2) is 4.68 Å². The van der Waals surface area contributed by atoms with Gasteiger partial charge in [0.15, 0.2) is 0 Å². The molecule has 2 heterocycles. The van der Waals surface area contributed by atoms with Crippen molar-refractivity contribution in [1.82, 2.24) is 19.6 Å². The van der Waals surface area contributed by atoms with Crippen LogP contribution in [0.15, 0.2) is 30.3 Å². The van der Waals surface area contributed by atoms with Gasteiger partial charge in [-0.2, -0.15) is 5.10 Å². The van der Waals surface area contributed by atoms with E-state index in [1.54, 1.807) is 0 Å². The van der Waals surface area contributed by atoms with Gasteiger partial charge in [0.1, 0.15) is 0 Å². The van der Waals surface area contributed by atoms with Crippen LogP contribution in [0.3, 0.4) is 0 Å². The summed E-state index contributed by atoms with van der Waals surface area (Å²) in [5, 5.41) is 5.04. The average molecular weight is 353 g/mol. The van der Waals surface area contributed by atoms with Crippen LogP contribution < -0.4 is 0 Å². The average Bonchev–Trinajstić information content (AvgIpc) is 3.26. The van der Waals surface area contributed by atoms with Crippen molar-refractivity contribution >= 4 is 0 Å². The zero-order valence-electron chi connectivity index (χ0n) is 16.5. The molecule has 0 unspecified atom stereocenters. The monoisotopic (exact) mass is 352 g/mol. The second-order valence-electron chi connectivity index (χ2n) is 8.25. The van der Waals surface area contributed by atoms with Crippen LogP contribution in [0.5, 0.6) is 0 Å². The third-order valence-corrected chi connectivity index (χ3v) is 6.27. The predicted molar refractivity (Wildman–Crippen MR) is 107 cm³/mol. The number of aromatic nitrogens is 2. The Morgan fingerprint density at radius 2 is 1.85 bits per heavy atom. The Morgan fingerprint density at radius 3 is 2.54 bits per heavy atom. The standard InChI is InChI=1S/C22H32N4/c1-17(2)25-14-12-18(13-15-25)24(3)16-21-20-10-7-11-22(20)26(23-21)19-8-5-4-6-9-19/h4-6,8-9,17-18H,7,10-16H2,1-3H3. The molecule has 0 atom stereocenters. The Morgan fingerprint density at radius 1 is 1.12 bits per heavy atom. The molecule has 0 bridgehead atoms. The topological polar surface area (TPSA) is 24.3 Å². The molecule has 26 heavy (non-hydrogen) atoms. The van der Waals surface area contributed by atoms with Crippen molar-refractivity contribution in [3.8, 4) is 5.69 Å². The number of rotatable bonds is 5. The van der Waals surface area contributed by atoms with Crippen LogP contribution in [-0.2, 0) is 19.4 Å². The van der Waals surface area contributed by atoms with Gasteiger partial charge in [-0.3, -0.25) is 4.90 Å². The van der Waals surface area contributed by atoms with Gasteiger partial charge in [-0.05, 0) is 83.8 Å². The fourth-order valence-electron chi connectivity index (χ4n) is 4.63. The molecule has 2 aliphatic rings. The lowest BCUT2D eigenvalue weighted by atomic mass is 10.0. The summed E-state index contributed by atoms with van der Waals surface area (Å²) in [4.78, 5) is 5.15. The minimum Gasteiger partial charge on any atom is -0.301 e.